The molecule has 0 saturated carbocycles. The minimum absolute atomic E-state index is 0.168. The molecule has 26 heavy (non-hydrogen) atoms. The van der Waals surface area contributed by atoms with Crippen LogP contribution < -0.4 is 4.74 Å². The molecule has 0 bridgehead atoms. The van der Waals surface area contributed by atoms with Gasteiger partial charge in [0.05, 0.1) is 17.6 Å². The van der Waals surface area contributed by atoms with Crippen molar-refractivity contribution < 1.29 is 9.53 Å². The summed E-state index contributed by atoms with van der Waals surface area (Å²) in [4.78, 5) is 20.8. The molecule has 0 radical (unpaired) electrons. The van der Waals surface area contributed by atoms with Crippen molar-refractivity contribution in [2.45, 2.75) is 71.6 Å². The molecule has 0 N–H and O–H groups in total. The molecule has 1 aromatic carbocycles. The van der Waals surface area contributed by atoms with Gasteiger partial charge in [-0.05, 0) is 43.5 Å². The summed E-state index contributed by atoms with van der Waals surface area (Å²) < 4.78 is 5.36. The molecule has 0 fully saturated rings. The summed E-state index contributed by atoms with van der Waals surface area (Å²) in [6.45, 7) is 4.33. The maximum Gasteiger partial charge on any atom is 0.311 e. The van der Waals surface area contributed by atoms with Gasteiger partial charge in [-0.25, -0.2) is 0 Å². The van der Waals surface area contributed by atoms with Crippen LogP contribution in [-0.2, 0) is 11.2 Å². The van der Waals surface area contributed by atoms with Crippen LogP contribution in [0, 0.1) is 0 Å². The van der Waals surface area contributed by atoms with Crippen LogP contribution in [0.1, 0.15) is 70.9 Å². The number of rotatable bonds is 11. The highest BCUT2D eigenvalue weighted by Crippen LogP contribution is 2.21. The van der Waals surface area contributed by atoms with E-state index in [1.807, 2.05) is 36.7 Å². The molecule has 0 aliphatic heterocycles. The first-order chi connectivity index (χ1) is 12.7. The highest BCUT2D eigenvalue weighted by atomic mass is 16.5. The molecule has 1 aromatic heterocycles. The minimum Gasteiger partial charge on any atom is -0.427 e. The Balaban J connectivity index is 1.86. The van der Waals surface area contributed by atoms with Gasteiger partial charge in [-0.1, -0.05) is 46.0 Å². The van der Waals surface area contributed by atoms with Gasteiger partial charge in [0.25, 0.3) is 0 Å². The van der Waals surface area contributed by atoms with Crippen LogP contribution in [0.5, 0.6) is 5.75 Å². The topological polar surface area (TPSA) is 52.1 Å². The summed E-state index contributed by atoms with van der Waals surface area (Å²) in [7, 11) is 0. The van der Waals surface area contributed by atoms with E-state index in [0.717, 1.165) is 42.6 Å². The standard InChI is InChI=1S/C22H30N2O2/c1-3-5-7-9-10-19-16-24-21(17-23-19)18-12-14-20(15-13-18)26-22(25)11-8-6-4-2/h12-17H,3-11H2,1-2H3. The van der Waals surface area contributed by atoms with Crippen LogP contribution >= 0.6 is 0 Å². The lowest BCUT2D eigenvalue weighted by Gasteiger charge is -2.06. The van der Waals surface area contributed by atoms with Gasteiger partial charge < -0.3 is 4.74 Å². The SMILES string of the molecule is CCCCCCc1cnc(-c2ccc(OC(=O)CCCCC)cc2)cn1. The summed E-state index contributed by atoms with van der Waals surface area (Å²) in [5.74, 6) is 0.411. The number of aromatic nitrogens is 2. The number of aryl methyl sites for hydroxylation is 1. The summed E-state index contributed by atoms with van der Waals surface area (Å²) >= 11 is 0. The Kier molecular flexibility index (Phi) is 8.81. The van der Waals surface area contributed by atoms with Crippen molar-refractivity contribution in [2.24, 2.45) is 0 Å². The lowest BCUT2D eigenvalue weighted by molar-refractivity contribution is -0.134. The number of ether oxygens (including phenoxy) is 1. The molecule has 4 heteroatoms. The molecule has 0 amide bonds. The minimum atomic E-state index is -0.168. The first-order valence-corrected chi connectivity index (χ1v) is 9.85. The second kappa shape index (κ2) is 11.4. The van der Waals surface area contributed by atoms with Crippen molar-refractivity contribution in [3.05, 3.63) is 42.4 Å². The van der Waals surface area contributed by atoms with Gasteiger partial charge in [0, 0.05) is 18.2 Å². The molecule has 0 saturated heterocycles. The van der Waals surface area contributed by atoms with Crippen molar-refractivity contribution in [1.82, 2.24) is 9.97 Å². The molecule has 1 heterocycles. The number of carbonyl (C=O) groups excluding carboxylic acids is 1. The Morgan fingerprint density at radius 1 is 0.885 bits per heavy atom. The van der Waals surface area contributed by atoms with Gasteiger partial charge >= 0.3 is 5.97 Å². The zero-order valence-corrected chi connectivity index (χ0v) is 16.0. The third kappa shape index (κ3) is 6.95. The fraction of sp³-hybridized carbons (Fsp3) is 0.500. The van der Waals surface area contributed by atoms with Gasteiger partial charge in [-0.3, -0.25) is 14.8 Å². The first kappa shape index (κ1) is 20.1. The van der Waals surface area contributed by atoms with Crippen molar-refractivity contribution in [1.29, 1.82) is 0 Å². The third-order valence-electron chi connectivity index (χ3n) is 4.36. The number of hydrogen-bond acceptors (Lipinski definition) is 4. The van der Waals surface area contributed by atoms with Crippen molar-refractivity contribution in [3.8, 4) is 17.0 Å². The summed E-state index contributed by atoms with van der Waals surface area (Å²) in [6, 6.07) is 7.46. The van der Waals surface area contributed by atoms with Crippen molar-refractivity contribution >= 4 is 5.97 Å². The average molecular weight is 354 g/mol. The largest absolute Gasteiger partial charge is 0.427 e. The van der Waals surface area contributed by atoms with Crippen LogP contribution in [0.25, 0.3) is 11.3 Å². The van der Waals surface area contributed by atoms with Crippen LogP contribution in [0.4, 0.5) is 0 Å². The Hall–Kier alpha value is -2.23. The highest BCUT2D eigenvalue weighted by molar-refractivity contribution is 5.72. The zero-order chi connectivity index (χ0) is 18.6. The van der Waals surface area contributed by atoms with Gasteiger partial charge in [0.1, 0.15) is 5.75 Å². The predicted octanol–water partition coefficient (Wildman–Crippen LogP) is 5.75. The van der Waals surface area contributed by atoms with Crippen LogP contribution in [0.3, 0.4) is 0 Å². The van der Waals surface area contributed by atoms with Gasteiger partial charge in [0.2, 0.25) is 0 Å². The molecule has 0 aliphatic carbocycles. The second-order valence-electron chi connectivity index (χ2n) is 6.66. The first-order valence-electron chi connectivity index (χ1n) is 9.85. The molecule has 0 spiro atoms. The molecule has 2 aromatic rings. The summed E-state index contributed by atoms with van der Waals surface area (Å²) in [6.07, 6.45) is 13.1. The lowest BCUT2D eigenvalue weighted by atomic mass is 10.1. The van der Waals surface area contributed by atoms with Crippen LogP contribution in [0.15, 0.2) is 36.7 Å². The quantitative estimate of drug-likeness (QED) is 0.293. The monoisotopic (exact) mass is 354 g/mol. The number of hydrogen-bond donors (Lipinski definition) is 0. The van der Waals surface area contributed by atoms with E-state index in [0.29, 0.717) is 12.2 Å². The molecule has 0 atom stereocenters. The molecular weight excluding hydrogens is 324 g/mol. The number of nitrogens with zero attached hydrogens (tertiary/aromatic N) is 2. The Morgan fingerprint density at radius 3 is 2.27 bits per heavy atom. The number of carbonyl (C=O) groups is 1. The van der Waals surface area contributed by atoms with E-state index >= 15 is 0 Å². The Labute approximate surface area is 157 Å². The second-order valence-corrected chi connectivity index (χ2v) is 6.66. The molecule has 0 unspecified atom stereocenters. The third-order valence-corrected chi connectivity index (χ3v) is 4.36. The van der Waals surface area contributed by atoms with Crippen molar-refractivity contribution in [2.75, 3.05) is 0 Å². The number of esters is 1. The molecule has 4 nitrogen and oxygen atoms in total. The van der Waals surface area contributed by atoms with Gasteiger partial charge in [-0.2, -0.15) is 0 Å². The molecular formula is C22H30N2O2. The average Bonchev–Trinajstić information content (AvgIpc) is 2.67. The van der Waals surface area contributed by atoms with E-state index in [2.05, 4.69) is 23.8 Å². The number of unbranched alkanes of at least 4 members (excludes halogenated alkanes) is 5. The highest BCUT2D eigenvalue weighted by Gasteiger charge is 2.06. The van der Waals surface area contributed by atoms with E-state index in [1.54, 1.807) is 0 Å². The molecule has 140 valence electrons. The number of benzene rings is 1. The Bertz CT molecular complexity index is 651. The van der Waals surface area contributed by atoms with Crippen molar-refractivity contribution in [3.63, 3.8) is 0 Å². The fourth-order valence-electron chi connectivity index (χ4n) is 2.76. The van der Waals surface area contributed by atoms with E-state index < -0.39 is 0 Å². The smallest absolute Gasteiger partial charge is 0.311 e. The van der Waals surface area contributed by atoms with E-state index in [-0.39, 0.29) is 5.97 Å². The van der Waals surface area contributed by atoms with Gasteiger partial charge in [-0.15, -0.1) is 0 Å². The van der Waals surface area contributed by atoms with Gasteiger partial charge in [0.15, 0.2) is 0 Å². The molecule has 0 aliphatic rings. The fourth-order valence-corrected chi connectivity index (χ4v) is 2.76. The maximum absolute atomic E-state index is 11.8. The molecule has 2 rings (SSSR count). The lowest BCUT2D eigenvalue weighted by Crippen LogP contribution is -2.07. The summed E-state index contributed by atoms with van der Waals surface area (Å²) in [5, 5.41) is 0. The van der Waals surface area contributed by atoms with Crippen LogP contribution in [0.2, 0.25) is 0 Å². The normalized spacial score (nSPS) is 10.7. The van der Waals surface area contributed by atoms with E-state index in [9.17, 15) is 4.79 Å². The maximum atomic E-state index is 11.8. The Morgan fingerprint density at radius 2 is 1.62 bits per heavy atom. The van der Waals surface area contributed by atoms with Crippen LogP contribution in [-0.4, -0.2) is 15.9 Å². The van der Waals surface area contributed by atoms with E-state index in [4.69, 9.17) is 4.74 Å². The summed E-state index contributed by atoms with van der Waals surface area (Å²) in [5.41, 5.74) is 2.85. The van der Waals surface area contributed by atoms with E-state index in [1.165, 1.54) is 25.7 Å². The zero-order valence-electron chi connectivity index (χ0n) is 16.0. The predicted molar refractivity (Wildman–Crippen MR) is 105 cm³/mol.